The summed E-state index contributed by atoms with van der Waals surface area (Å²) in [5.41, 5.74) is 21.8. The topological polar surface area (TPSA) is 89.7 Å². The lowest BCUT2D eigenvalue weighted by atomic mass is 9.79. The molecule has 8 aromatic heterocycles. The van der Waals surface area contributed by atoms with Crippen molar-refractivity contribution in [2.45, 2.75) is 38.9 Å². The minimum atomic E-state index is -0.256. The summed E-state index contributed by atoms with van der Waals surface area (Å²) in [7, 11) is -0.240. The van der Waals surface area contributed by atoms with Crippen LogP contribution in [0.15, 0.2) is 437 Å². The molecule has 10 nitrogen and oxygen atoms in total. The lowest BCUT2D eigenvalue weighted by Gasteiger charge is -2.32. The highest BCUT2D eigenvalue weighted by molar-refractivity contribution is 7.28. The molecule has 22 aromatic carbocycles. The third kappa shape index (κ3) is 12.9. The highest BCUT2D eigenvalue weighted by Crippen LogP contribution is 2.55. The smallest absolute Gasteiger partial charge is 0.399 e. The van der Waals surface area contributed by atoms with Gasteiger partial charge in [0.1, 0.15) is 5.69 Å². The van der Waals surface area contributed by atoms with Crippen molar-refractivity contribution in [1.29, 1.82) is 0 Å². The molecule has 0 N–H and O–H groups in total. The second-order valence-corrected chi connectivity index (χ2v) is 41.3. The fraction of sp³-hybridized carbons (Fsp3) is 0.0462. The van der Waals surface area contributed by atoms with Crippen LogP contribution in [0.3, 0.4) is 0 Å². The van der Waals surface area contributed by atoms with E-state index in [1.165, 1.54) is 143 Å². The van der Waals surface area contributed by atoms with Gasteiger partial charge in [-0.3, -0.25) is 9.13 Å². The predicted octanol–water partition coefficient (Wildman–Crippen LogP) is 34.9. The van der Waals surface area contributed by atoms with Gasteiger partial charge in [-0.15, -0.1) is 22.7 Å². The Kier molecular flexibility index (Phi) is 19.0. The van der Waals surface area contributed by atoms with Gasteiger partial charge >= 0.3 is 7.12 Å². The van der Waals surface area contributed by atoms with Crippen molar-refractivity contribution >= 4 is 261 Å². The van der Waals surface area contributed by atoms with E-state index in [2.05, 4.69) is 446 Å². The molecule has 1 aliphatic heterocycles. The van der Waals surface area contributed by atoms with E-state index >= 15 is 0 Å². The fourth-order valence-corrected chi connectivity index (χ4v) is 25.9. The molecule has 0 bridgehead atoms. The van der Waals surface area contributed by atoms with Crippen LogP contribution in [-0.4, -0.2) is 56.5 Å². The van der Waals surface area contributed by atoms with E-state index in [4.69, 9.17) is 40.8 Å². The maximum absolute atomic E-state index is 7.36. The number of benzene rings is 22. The van der Waals surface area contributed by atoms with Gasteiger partial charge in [0, 0.05) is 102 Å². The molecule has 9 heterocycles. The number of hydrogen-bond acceptors (Lipinski definition) is 8. The zero-order valence-corrected chi connectivity index (χ0v) is 81.1. The number of aromatic nitrogens is 8. The third-order valence-electron chi connectivity index (χ3n) is 30.3. The van der Waals surface area contributed by atoms with Crippen molar-refractivity contribution in [1.82, 2.24) is 38.2 Å². The number of para-hydroxylation sites is 4. The van der Waals surface area contributed by atoms with E-state index in [0.717, 1.165) is 127 Å². The summed E-state index contributed by atoms with van der Waals surface area (Å²) in [5, 5.41) is 29.4. The van der Waals surface area contributed by atoms with Crippen LogP contribution in [0.2, 0.25) is 5.15 Å². The summed E-state index contributed by atoms with van der Waals surface area (Å²) >= 11 is 11.1. The molecule has 0 saturated carbocycles. The highest BCUT2D eigenvalue weighted by atomic mass is 35.5. The molecular formula is C130H84BClN8O2S2. The van der Waals surface area contributed by atoms with Crippen molar-refractivity contribution in [2.24, 2.45) is 0 Å². The monoisotopic (exact) mass is 1900 g/mol. The Morgan fingerprint density at radius 1 is 0.243 bits per heavy atom. The van der Waals surface area contributed by atoms with E-state index in [1.807, 2.05) is 59.1 Å². The van der Waals surface area contributed by atoms with Crippen LogP contribution >= 0.6 is 34.3 Å². The van der Waals surface area contributed by atoms with Crippen molar-refractivity contribution < 1.29 is 9.31 Å². The molecule has 30 aromatic rings. The lowest BCUT2D eigenvalue weighted by Crippen LogP contribution is -2.41. The van der Waals surface area contributed by atoms with E-state index < -0.39 is 0 Å². The molecule has 0 spiro atoms. The van der Waals surface area contributed by atoms with Gasteiger partial charge in [0.2, 0.25) is 0 Å². The fourth-order valence-electron chi connectivity index (χ4n) is 22.9. The van der Waals surface area contributed by atoms with Crippen LogP contribution in [0.1, 0.15) is 27.7 Å². The van der Waals surface area contributed by atoms with Gasteiger partial charge < -0.3 is 18.4 Å². The van der Waals surface area contributed by atoms with Crippen molar-refractivity contribution in [3.05, 3.63) is 442 Å². The first-order valence-corrected chi connectivity index (χ1v) is 51.0. The Labute approximate surface area is 839 Å². The Morgan fingerprint density at radius 3 is 1.04 bits per heavy atom. The van der Waals surface area contributed by atoms with Crippen LogP contribution in [0, 0.1) is 0 Å². The van der Waals surface area contributed by atoms with E-state index in [-0.39, 0.29) is 18.3 Å². The average molecular weight is 1900 g/mol. The minimum absolute atomic E-state index is 0.240. The van der Waals surface area contributed by atoms with E-state index in [1.54, 1.807) is 0 Å². The van der Waals surface area contributed by atoms with Gasteiger partial charge in [-0.05, 0) is 194 Å². The molecule has 1 fully saturated rings. The zero-order chi connectivity index (χ0) is 95.5. The lowest BCUT2D eigenvalue weighted by molar-refractivity contribution is 0.00578. The Balaban J connectivity index is 0.000000120. The van der Waals surface area contributed by atoms with Gasteiger partial charge in [0.25, 0.3) is 0 Å². The number of rotatable bonds is 8. The zero-order valence-electron chi connectivity index (χ0n) is 78.7. The van der Waals surface area contributed by atoms with Crippen LogP contribution in [-0.2, 0) is 9.31 Å². The summed E-state index contributed by atoms with van der Waals surface area (Å²) in [4.78, 5) is 21.9. The molecule has 0 amide bonds. The van der Waals surface area contributed by atoms with Crippen molar-refractivity contribution in [3.8, 4) is 56.5 Å². The van der Waals surface area contributed by atoms with Gasteiger partial charge in [-0.2, -0.15) is 0 Å². The number of halogens is 1. The first-order chi connectivity index (χ1) is 70.8. The van der Waals surface area contributed by atoms with Crippen molar-refractivity contribution in [2.75, 3.05) is 0 Å². The number of fused-ring (bicyclic) bond motifs is 36. The molecule has 0 radical (unpaired) electrons. The van der Waals surface area contributed by atoms with Crippen LogP contribution in [0.25, 0.3) is 271 Å². The van der Waals surface area contributed by atoms with E-state index in [0.29, 0.717) is 11.0 Å². The normalized spacial score (nSPS) is 13.4. The average Bonchev–Trinajstić information content (AvgIpc) is 1.53. The molecule has 31 rings (SSSR count). The van der Waals surface area contributed by atoms with Crippen LogP contribution in [0.5, 0.6) is 0 Å². The predicted molar refractivity (Wildman–Crippen MR) is 611 cm³/mol. The molecule has 678 valence electrons. The summed E-state index contributed by atoms with van der Waals surface area (Å²) in [6, 6.07) is 157. The maximum atomic E-state index is 7.36. The maximum Gasteiger partial charge on any atom is 0.494 e. The summed E-state index contributed by atoms with van der Waals surface area (Å²) in [6.07, 6.45) is 0. The van der Waals surface area contributed by atoms with Crippen LogP contribution in [0.4, 0.5) is 0 Å². The first-order valence-electron chi connectivity index (χ1n) is 49.0. The quantitative estimate of drug-likeness (QED) is 0.111. The van der Waals surface area contributed by atoms with Crippen LogP contribution < -0.4 is 5.46 Å². The van der Waals surface area contributed by atoms with Gasteiger partial charge in [0.15, 0.2) is 16.8 Å². The molecule has 14 heteroatoms. The van der Waals surface area contributed by atoms with Gasteiger partial charge in [0.05, 0.1) is 86.8 Å². The summed E-state index contributed by atoms with van der Waals surface area (Å²) < 4.78 is 26.4. The highest BCUT2D eigenvalue weighted by Gasteiger charge is 2.52. The number of nitrogens with zero attached hydrogens (tertiary/aromatic N) is 8. The Bertz CT molecular complexity index is 10700. The second kappa shape index (κ2) is 32.5. The molecular weight excluding hydrogens is 1820 g/mol. The molecule has 0 atom stereocenters. The van der Waals surface area contributed by atoms with E-state index in [9.17, 15) is 0 Å². The molecule has 144 heavy (non-hydrogen) atoms. The van der Waals surface area contributed by atoms with Gasteiger partial charge in [-0.1, -0.05) is 363 Å². The largest absolute Gasteiger partial charge is 0.494 e. The molecule has 0 unspecified atom stereocenters. The minimum Gasteiger partial charge on any atom is -0.399 e. The molecule has 0 aliphatic carbocycles. The first kappa shape index (κ1) is 83.9. The second-order valence-electron chi connectivity index (χ2n) is 38.9. The standard InChI is InChI=1S/C62H36N4S.C56H31ClN4S.C12H17BO2/c1-3-17-39(18-4-1)57-62(64-58-43-21-9-7-15-37(43)29-33-51(58)63-57)66-53-34-30-40(41-28-31-46-45-23-13-14-26-52(45)65(54(46)36-41)42-19-5-2-6-20-42)35-50(53)55-47-24-11-12-25-48(47)56-49-32-27-38-16-8-10-22-44(38)60(49)67-61(56)59(55)66;57-55-56(59-51-37-16-6-4-12-32(37)24-28-45(51)58-55)61-47-29-25-34(35-23-26-40-39-18-10-11-21-46(39)60(48(40)31-35)36-14-2-1-3-15-36)30-44(47)49-41-19-8-9-20-42(41)50-43-27-22-33-13-5-7-17-38(33)53(43)62-54(50)52(49)61;1-11(2)12(3,4)15-13(14-11)10-8-6-5-7-9-10/h1-36H;1-31H;5-9H,1-4H3. The SMILES string of the molecule is CC1(C)OB(c2ccccc2)OC1(C)C.Clc1nc2ccc3ccccc3c2nc1-n1c2ccc(-c3ccc4c5ccccc5n(-c5ccccc5)c4c3)cc2c2c3ccccc3c3c4ccc5ccccc5c4sc3c21.c1ccc(-c2nc3ccc4ccccc4c3nc2-n2c3ccc(-c4ccc5c6ccccc6n(-c6ccccc6)c5c4)cc3c3c4ccccc4c4c5ccc6ccccc6c5sc4c32)cc1. The third-order valence-corrected chi connectivity index (χ3v) is 33.1. The van der Waals surface area contributed by atoms with Gasteiger partial charge in [-0.25, -0.2) is 19.9 Å². The van der Waals surface area contributed by atoms with Crippen molar-refractivity contribution in [3.63, 3.8) is 0 Å². The molecule has 1 aliphatic rings. The number of hydrogen-bond donors (Lipinski definition) is 0. The Morgan fingerprint density at radius 2 is 0.576 bits per heavy atom. The summed E-state index contributed by atoms with van der Waals surface area (Å²) in [5.74, 6) is 1.44. The Hall–Kier alpha value is -17.0. The summed E-state index contributed by atoms with van der Waals surface area (Å²) in [6.45, 7) is 8.26. The number of thiophene rings is 2. The molecule has 1 saturated heterocycles.